The van der Waals surface area contributed by atoms with Crippen LogP contribution in [0, 0.1) is 10.1 Å². The third kappa shape index (κ3) is 4.18. The summed E-state index contributed by atoms with van der Waals surface area (Å²) >= 11 is 0. The van der Waals surface area contributed by atoms with Crippen LogP contribution in [0.5, 0.6) is 11.5 Å². The summed E-state index contributed by atoms with van der Waals surface area (Å²) in [4.78, 5) is 9.28. The molecule has 0 amide bonds. The van der Waals surface area contributed by atoms with Gasteiger partial charge in [0, 0.05) is 0 Å². The van der Waals surface area contributed by atoms with Crippen LogP contribution in [0.1, 0.15) is 5.56 Å². The van der Waals surface area contributed by atoms with Crippen molar-refractivity contribution in [3.63, 3.8) is 0 Å². The van der Waals surface area contributed by atoms with Gasteiger partial charge in [0.1, 0.15) is 11.5 Å². The minimum atomic E-state index is -4.74. The fraction of sp³-hybridized carbons (Fsp3) is 0.143. The van der Waals surface area contributed by atoms with E-state index in [2.05, 4.69) is 4.18 Å². The van der Waals surface area contributed by atoms with Gasteiger partial charge in [0.05, 0.1) is 23.7 Å². The number of ether oxygens (including phenoxy) is 1. The number of rotatable bonds is 5. The quantitative estimate of drug-likeness (QED) is 0.450. The Morgan fingerprint density at radius 2 is 1.76 bits per heavy atom. The number of benzene rings is 2. The van der Waals surface area contributed by atoms with Gasteiger partial charge in [0.25, 0.3) is 5.69 Å². The summed E-state index contributed by atoms with van der Waals surface area (Å²) in [5.74, 6) is -0.593. The predicted molar refractivity (Wildman–Crippen MR) is 78.9 cm³/mol. The predicted octanol–water partition coefficient (Wildman–Crippen LogP) is 3.39. The van der Waals surface area contributed by atoms with E-state index in [-0.39, 0.29) is 5.75 Å². The fourth-order valence-corrected chi connectivity index (χ4v) is 2.95. The van der Waals surface area contributed by atoms with E-state index in [0.29, 0.717) is 6.07 Å². The molecule has 0 fully saturated rings. The largest absolute Gasteiger partial charge is 0.497 e. The minimum absolute atomic E-state index is 0.0321. The van der Waals surface area contributed by atoms with E-state index in [1.54, 1.807) is 0 Å². The highest BCUT2D eigenvalue weighted by atomic mass is 32.2. The highest BCUT2D eigenvalue weighted by molar-refractivity contribution is 7.87. The standard InChI is InChI=1S/C14H10F3NO6S/c1-23-10-5-6-13(12(8-10)18(19)20)25(21,22)24-11-4-2-3-9(7-11)14(15,16)17/h2-8H,1H3. The second kappa shape index (κ2) is 6.59. The van der Waals surface area contributed by atoms with E-state index < -0.39 is 43.1 Å². The molecule has 25 heavy (non-hydrogen) atoms. The van der Waals surface area contributed by atoms with E-state index in [9.17, 15) is 31.7 Å². The number of halogens is 3. The van der Waals surface area contributed by atoms with Crippen LogP contribution in [0.15, 0.2) is 47.4 Å². The molecule has 0 N–H and O–H groups in total. The lowest BCUT2D eigenvalue weighted by Crippen LogP contribution is -2.13. The van der Waals surface area contributed by atoms with Crippen LogP contribution < -0.4 is 8.92 Å². The Labute approximate surface area is 139 Å². The maximum atomic E-state index is 12.7. The van der Waals surface area contributed by atoms with Gasteiger partial charge in [-0.3, -0.25) is 10.1 Å². The van der Waals surface area contributed by atoms with Crippen molar-refractivity contribution < 1.29 is 35.4 Å². The third-order valence-corrected chi connectivity index (χ3v) is 4.30. The highest BCUT2D eigenvalue weighted by Crippen LogP contribution is 2.34. The SMILES string of the molecule is COc1ccc(S(=O)(=O)Oc2cccc(C(F)(F)F)c2)c([N+](=O)[O-])c1. The second-order valence-corrected chi connectivity index (χ2v) is 6.17. The molecule has 0 saturated heterocycles. The molecule has 0 unspecified atom stereocenters. The van der Waals surface area contributed by atoms with Crippen molar-refractivity contribution >= 4 is 15.8 Å². The monoisotopic (exact) mass is 377 g/mol. The Morgan fingerprint density at radius 1 is 1.08 bits per heavy atom. The average molecular weight is 377 g/mol. The van der Waals surface area contributed by atoms with E-state index in [1.165, 1.54) is 7.11 Å². The van der Waals surface area contributed by atoms with Gasteiger partial charge in [-0.05, 0) is 30.3 Å². The van der Waals surface area contributed by atoms with Crippen molar-refractivity contribution in [3.05, 3.63) is 58.1 Å². The van der Waals surface area contributed by atoms with Crippen molar-refractivity contribution in [2.24, 2.45) is 0 Å². The number of hydrogen-bond donors (Lipinski definition) is 0. The number of hydrogen-bond acceptors (Lipinski definition) is 6. The van der Waals surface area contributed by atoms with Gasteiger partial charge in [-0.2, -0.15) is 21.6 Å². The fourth-order valence-electron chi connectivity index (χ4n) is 1.87. The summed E-state index contributed by atoms with van der Waals surface area (Å²) in [6.07, 6.45) is -4.70. The lowest BCUT2D eigenvalue weighted by atomic mass is 10.2. The van der Waals surface area contributed by atoms with E-state index in [4.69, 9.17) is 4.74 Å². The first kappa shape index (κ1) is 18.5. The molecule has 2 aromatic carbocycles. The van der Waals surface area contributed by atoms with Crippen LogP contribution in [-0.4, -0.2) is 20.5 Å². The van der Waals surface area contributed by atoms with Gasteiger partial charge in [-0.25, -0.2) is 0 Å². The molecular formula is C14H10F3NO6S. The zero-order chi connectivity index (χ0) is 18.8. The summed E-state index contributed by atoms with van der Waals surface area (Å²) in [5.41, 5.74) is -1.95. The van der Waals surface area contributed by atoms with Crippen LogP contribution in [0.25, 0.3) is 0 Å². The summed E-state index contributed by atoms with van der Waals surface area (Å²) in [6.45, 7) is 0. The molecule has 0 radical (unpaired) electrons. The summed E-state index contributed by atoms with van der Waals surface area (Å²) in [5, 5.41) is 11.1. The first-order valence-electron chi connectivity index (χ1n) is 6.49. The molecule has 0 aliphatic heterocycles. The third-order valence-electron chi connectivity index (χ3n) is 3.00. The summed E-state index contributed by atoms with van der Waals surface area (Å²) in [6, 6.07) is 6.04. The zero-order valence-electron chi connectivity index (χ0n) is 12.5. The van der Waals surface area contributed by atoms with Gasteiger partial charge in [-0.15, -0.1) is 0 Å². The van der Waals surface area contributed by atoms with Crippen LogP contribution in [-0.2, 0) is 16.3 Å². The van der Waals surface area contributed by atoms with Crippen molar-refractivity contribution in [3.8, 4) is 11.5 Å². The Morgan fingerprint density at radius 3 is 2.32 bits per heavy atom. The van der Waals surface area contributed by atoms with Crippen LogP contribution in [0.4, 0.5) is 18.9 Å². The maximum absolute atomic E-state index is 12.7. The Balaban J connectivity index is 2.45. The molecule has 2 aromatic rings. The topological polar surface area (TPSA) is 95.7 Å². The lowest BCUT2D eigenvalue weighted by Gasteiger charge is -2.11. The van der Waals surface area contributed by atoms with Crippen LogP contribution >= 0.6 is 0 Å². The number of nitro groups is 1. The molecule has 0 bridgehead atoms. The molecule has 2 rings (SSSR count). The first-order chi connectivity index (χ1) is 11.5. The smallest absolute Gasteiger partial charge is 0.416 e. The maximum Gasteiger partial charge on any atom is 0.416 e. The summed E-state index contributed by atoms with van der Waals surface area (Å²) < 4.78 is 71.9. The molecule has 11 heteroatoms. The molecule has 0 aromatic heterocycles. The number of nitrogens with zero attached hydrogens (tertiary/aromatic N) is 1. The normalized spacial score (nSPS) is 11.8. The molecule has 0 atom stereocenters. The average Bonchev–Trinajstić information content (AvgIpc) is 2.53. The number of nitro benzene ring substituents is 1. The van der Waals surface area contributed by atoms with E-state index >= 15 is 0 Å². The molecule has 0 aliphatic rings. The first-order valence-corrected chi connectivity index (χ1v) is 7.89. The van der Waals surface area contributed by atoms with Crippen molar-refractivity contribution in [2.45, 2.75) is 11.1 Å². The van der Waals surface area contributed by atoms with Gasteiger partial charge in [-0.1, -0.05) is 6.07 Å². The van der Waals surface area contributed by atoms with Crippen LogP contribution in [0.2, 0.25) is 0 Å². The number of alkyl halides is 3. The number of methoxy groups -OCH3 is 1. The molecule has 0 spiro atoms. The van der Waals surface area contributed by atoms with E-state index in [1.807, 2.05) is 0 Å². The Hall–Kier alpha value is -2.82. The molecule has 0 saturated carbocycles. The van der Waals surface area contributed by atoms with Crippen molar-refractivity contribution in [1.82, 2.24) is 0 Å². The molecule has 0 heterocycles. The Bertz CT molecular complexity index is 911. The van der Waals surface area contributed by atoms with Crippen LogP contribution in [0.3, 0.4) is 0 Å². The lowest BCUT2D eigenvalue weighted by molar-refractivity contribution is -0.388. The minimum Gasteiger partial charge on any atom is -0.497 e. The van der Waals surface area contributed by atoms with Gasteiger partial charge >= 0.3 is 16.3 Å². The van der Waals surface area contributed by atoms with Gasteiger partial charge in [0.2, 0.25) is 0 Å². The summed E-state index contributed by atoms with van der Waals surface area (Å²) in [7, 11) is -3.51. The van der Waals surface area contributed by atoms with E-state index in [0.717, 1.165) is 36.4 Å². The van der Waals surface area contributed by atoms with Crippen molar-refractivity contribution in [1.29, 1.82) is 0 Å². The van der Waals surface area contributed by atoms with Gasteiger partial charge in [0.15, 0.2) is 4.90 Å². The molecule has 134 valence electrons. The second-order valence-electron chi connectivity index (χ2n) is 4.65. The molecular weight excluding hydrogens is 367 g/mol. The van der Waals surface area contributed by atoms with Crippen molar-refractivity contribution in [2.75, 3.05) is 7.11 Å². The zero-order valence-corrected chi connectivity index (χ0v) is 13.3. The Kier molecular flexibility index (Phi) is 4.88. The molecule has 7 nitrogen and oxygen atoms in total. The molecule has 0 aliphatic carbocycles. The highest BCUT2D eigenvalue weighted by Gasteiger charge is 2.32. The van der Waals surface area contributed by atoms with Gasteiger partial charge < -0.3 is 8.92 Å².